The number of hydrogen-bond acceptors (Lipinski definition) is 5. The molecule has 2 rings (SSSR count). The Morgan fingerprint density at radius 2 is 2.44 bits per heavy atom. The second-order valence-corrected chi connectivity index (χ2v) is 5.60. The Hall–Kier alpha value is -0.720. The summed E-state index contributed by atoms with van der Waals surface area (Å²) in [4.78, 5) is 14.8. The van der Waals surface area contributed by atoms with Gasteiger partial charge < -0.3 is 9.64 Å². The zero-order valence-electron chi connectivity index (χ0n) is 10.4. The molecule has 0 aromatic carbocycles. The van der Waals surface area contributed by atoms with Crippen molar-refractivity contribution in [2.24, 2.45) is 0 Å². The number of morpholine rings is 1. The number of ether oxygens (including phenoxy) is 1. The molecule has 1 aliphatic heterocycles. The molecule has 2 heterocycles. The lowest BCUT2D eigenvalue weighted by Crippen LogP contribution is -2.46. The number of carbonyl (C=O) groups is 1. The third-order valence-electron chi connectivity index (χ3n) is 2.85. The van der Waals surface area contributed by atoms with E-state index in [-0.39, 0.29) is 17.9 Å². The van der Waals surface area contributed by atoms with Gasteiger partial charge in [0.05, 0.1) is 24.3 Å². The Kier molecular flexibility index (Phi) is 4.53. The van der Waals surface area contributed by atoms with Crippen molar-refractivity contribution in [2.45, 2.75) is 25.9 Å². The summed E-state index contributed by atoms with van der Waals surface area (Å²) in [7, 11) is 0. The molecule has 1 aromatic heterocycles. The third-order valence-corrected chi connectivity index (χ3v) is 3.93. The monoisotopic (exact) mass is 289 g/mol. The first-order valence-electron chi connectivity index (χ1n) is 5.92. The first kappa shape index (κ1) is 13.7. The van der Waals surface area contributed by atoms with Gasteiger partial charge >= 0.3 is 0 Å². The van der Waals surface area contributed by atoms with Gasteiger partial charge in [0.15, 0.2) is 0 Å². The molecule has 1 amide bonds. The van der Waals surface area contributed by atoms with Crippen LogP contribution in [0.5, 0.6) is 0 Å². The summed E-state index contributed by atoms with van der Waals surface area (Å²) in [6.45, 7) is 5.69. The van der Waals surface area contributed by atoms with Crippen molar-refractivity contribution in [1.82, 2.24) is 14.5 Å². The van der Waals surface area contributed by atoms with E-state index in [4.69, 9.17) is 16.3 Å². The molecule has 0 radical (unpaired) electrons. The molecule has 5 nitrogen and oxygen atoms in total. The highest BCUT2D eigenvalue weighted by Crippen LogP contribution is 2.22. The molecule has 0 aliphatic carbocycles. The molecule has 1 unspecified atom stereocenters. The standard InChI is InChI=1S/C11H16ClN3O2S/c1-7(2)9-10(18-14-13-9)11(16)15-3-4-17-8(5-12)6-15/h7-8H,3-6H2,1-2H3. The van der Waals surface area contributed by atoms with Crippen LogP contribution in [0, 0.1) is 0 Å². The SMILES string of the molecule is CC(C)c1nnsc1C(=O)N1CCOC(CCl)C1. The third kappa shape index (κ3) is 2.81. The predicted molar refractivity (Wildman–Crippen MR) is 70.4 cm³/mol. The van der Waals surface area contributed by atoms with Crippen LogP contribution in [-0.2, 0) is 4.74 Å². The summed E-state index contributed by atoms with van der Waals surface area (Å²) >= 11 is 6.93. The van der Waals surface area contributed by atoms with E-state index in [1.807, 2.05) is 13.8 Å². The fraction of sp³-hybridized carbons (Fsp3) is 0.727. The molecular formula is C11H16ClN3O2S. The average molecular weight is 290 g/mol. The number of halogens is 1. The van der Waals surface area contributed by atoms with Gasteiger partial charge in [-0.3, -0.25) is 4.79 Å². The fourth-order valence-electron chi connectivity index (χ4n) is 1.86. The lowest BCUT2D eigenvalue weighted by atomic mass is 10.1. The van der Waals surface area contributed by atoms with Gasteiger partial charge in [-0.05, 0) is 17.5 Å². The smallest absolute Gasteiger partial charge is 0.267 e. The largest absolute Gasteiger partial charge is 0.373 e. The molecule has 1 aromatic rings. The van der Waals surface area contributed by atoms with Crippen LogP contribution in [0.1, 0.15) is 35.1 Å². The number of hydrogen-bond donors (Lipinski definition) is 0. The molecule has 1 saturated heterocycles. The number of nitrogens with zero attached hydrogens (tertiary/aromatic N) is 3. The van der Waals surface area contributed by atoms with Crippen LogP contribution < -0.4 is 0 Å². The average Bonchev–Trinajstić information content (AvgIpc) is 2.87. The summed E-state index contributed by atoms with van der Waals surface area (Å²) < 4.78 is 9.33. The lowest BCUT2D eigenvalue weighted by molar-refractivity contribution is -0.0106. The Labute approximate surface area is 115 Å². The van der Waals surface area contributed by atoms with Gasteiger partial charge in [0.25, 0.3) is 5.91 Å². The van der Waals surface area contributed by atoms with Crippen molar-refractivity contribution in [1.29, 1.82) is 0 Å². The minimum Gasteiger partial charge on any atom is -0.373 e. The zero-order valence-corrected chi connectivity index (χ0v) is 12.0. The van der Waals surface area contributed by atoms with E-state index in [0.717, 1.165) is 17.2 Å². The normalized spacial score (nSPS) is 20.4. The van der Waals surface area contributed by atoms with Crippen LogP contribution in [0.25, 0.3) is 0 Å². The first-order chi connectivity index (χ1) is 8.63. The lowest BCUT2D eigenvalue weighted by Gasteiger charge is -2.31. The van der Waals surface area contributed by atoms with E-state index in [1.54, 1.807) is 4.90 Å². The van der Waals surface area contributed by atoms with Crippen molar-refractivity contribution in [2.75, 3.05) is 25.6 Å². The summed E-state index contributed by atoms with van der Waals surface area (Å²) in [5.74, 6) is 0.599. The van der Waals surface area contributed by atoms with E-state index < -0.39 is 0 Å². The molecule has 1 atom stereocenters. The molecule has 1 fully saturated rings. The van der Waals surface area contributed by atoms with Gasteiger partial charge in [0.1, 0.15) is 4.88 Å². The maximum absolute atomic E-state index is 12.4. The number of amides is 1. The van der Waals surface area contributed by atoms with Gasteiger partial charge in [0, 0.05) is 13.1 Å². The van der Waals surface area contributed by atoms with E-state index in [9.17, 15) is 4.79 Å². The van der Waals surface area contributed by atoms with Crippen molar-refractivity contribution in [3.63, 3.8) is 0 Å². The van der Waals surface area contributed by atoms with Gasteiger partial charge in [-0.2, -0.15) is 0 Å². The molecule has 0 saturated carbocycles. The number of rotatable bonds is 3. The molecule has 7 heteroatoms. The van der Waals surface area contributed by atoms with E-state index >= 15 is 0 Å². The Morgan fingerprint density at radius 3 is 3.11 bits per heavy atom. The predicted octanol–water partition coefficient (Wildman–Crippen LogP) is 1.74. The minimum atomic E-state index is -0.0762. The second-order valence-electron chi connectivity index (χ2n) is 4.54. The quantitative estimate of drug-likeness (QED) is 0.796. The number of alkyl halides is 1. The van der Waals surface area contributed by atoms with Crippen LogP contribution in [-0.4, -0.2) is 52.1 Å². The highest BCUT2D eigenvalue weighted by molar-refractivity contribution is 7.08. The molecule has 0 bridgehead atoms. The maximum Gasteiger partial charge on any atom is 0.267 e. The Morgan fingerprint density at radius 1 is 1.67 bits per heavy atom. The highest BCUT2D eigenvalue weighted by atomic mass is 35.5. The second kappa shape index (κ2) is 5.95. The van der Waals surface area contributed by atoms with Crippen molar-refractivity contribution < 1.29 is 9.53 Å². The van der Waals surface area contributed by atoms with E-state index in [1.165, 1.54) is 0 Å². The van der Waals surface area contributed by atoms with Crippen molar-refractivity contribution >= 4 is 29.0 Å². The van der Waals surface area contributed by atoms with Crippen LogP contribution in [0.3, 0.4) is 0 Å². The van der Waals surface area contributed by atoms with Crippen molar-refractivity contribution in [3.8, 4) is 0 Å². The van der Waals surface area contributed by atoms with E-state index in [0.29, 0.717) is 30.5 Å². The maximum atomic E-state index is 12.4. The molecule has 100 valence electrons. The minimum absolute atomic E-state index is 0.00730. The summed E-state index contributed by atoms with van der Waals surface area (Å²) in [5.41, 5.74) is 0.777. The molecule has 0 N–H and O–H groups in total. The highest BCUT2D eigenvalue weighted by Gasteiger charge is 2.28. The van der Waals surface area contributed by atoms with E-state index in [2.05, 4.69) is 9.59 Å². The number of carbonyl (C=O) groups excluding carboxylic acids is 1. The van der Waals surface area contributed by atoms with Gasteiger partial charge in [0.2, 0.25) is 0 Å². The summed E-state index contributed by atoms with van der Waals surface area (Å²) in [5, 5.41) is 4.03. The Balaban J connectivity index is 2.13. The van der Waals surface area contributed by atoms with Gasteiger partial charge in [-0.1, -0.05) is 18.3 Å². The van der Waals surface area contributed by atoms with Crippen LogP contribution in [0.4, 0.5) is 0 Å². The van der Waals surface area contributed by atoms with Crippen LogP contribution in [0.2, 0.25) is 0 Å². The van der Waals surface area contributed by atoms with Gasteiger partial charge in [-0.25, -0.2) is 0 Å². The van der Waals surface area contributed by atoms with Gasteiger partial charge in [-0.15, -0.1) is 16.7 Å². The fourth-order valence-corrected chi connectivity index (χ4v) is 2.84. The van der Waals surface area contributed by atoms with Crippen molar-refractivity contribution in [3.05, 3.63) is 10.6 Å². The molecule has 18 heavy (non-hydrogen) atoms. The molecule has 0 spiro atoms. The molecular weight excluding hydrogens is 274 g/mol. The van der Waals surface area contributed by atoms with Crippen LogP contribution in [0.15, 0.2) is 0 Å². The van der Waals surface area contributed by atoms with Crippen LogP contribution >= 0.6 is 23.1 Å². The summed E-state index contributed by atoms with van der Waals surface area (Å²) in [6, 6.07) is 0. The first-order valence-corrected chi connectivity index (χ1v) is 7.23. The molecule has 1 aliphatic rings. The zero-order chi connectivity index (χ0) is 13.1. The Bertz CT molecular complexity index is 424. The number of aromatic nitrogens is 2. The topological polar surface area (TPSA) is 55.3 Å². The summed E-state index contributed by atoms with van der Waals surface area (Å²) in [6.07, 6.45) is -0.0762.